The Morgan fingerprint density at radius 3 is 2.39 bits per heavy atom. The molecule has 0 radical (unpaired) electrons. The van der Waals surface area contributed by atoms with Gasteiger partial charge in [0.1, 0.15) is 0 Å². The molecule has 0 unspecified atom stereocenters. The van der Waals surface area contributed by atoms with E-state index in [1.54, 1.807) is 12.1 Å². The van der Waals surface area contributed by atoms with Crippen LogP contribution in [-0.4, -0.2) is 51.5 Å². The van der Waals surface area contributed by atoms with Gasteiger partial charge in [-0.05, 0) is 36.8 Å². The van der Waals surface area contributed by atoms with E-state index in [9.17, 15) is 13.2 Å². The quantitative estimate of drug-likeness (QED) is 0.526. The van der Waals surface area contributed by atoms with Crippen molar-refractivity contribution < 1.29 is 17.9 Å². The Morgan fingerprint density at radius 1 is 1.00 bits per heavy atom. The second-order valence-corrected chi connectivity index (χ2v) is 8.68. The molecular formula is C21H26N2O4S. The molecule has 28 heavy (non-hydrogen) atoms. The molecule has 6 nitrogen and oxygen atoms in total. The number of ether oxygens (including phenoxy) is 1. The lowest BCUT2D eigenvalue weighted by Crippen LogP contribution is -2.48. The summed E-state index contributed by atoms with van der Waals surface area (Å²) in [5, 5.41) is 0. The first-order valence-electron chi connectivity index (χ1n) is 9.59. The Kier molecular flexibility index (Phi) is 6.70. The first-order valence-corrected chi connectivity index (χ1v) is 11.0. The van der Waals surface area contributed by atoms with E-state index in [0.717, 1.165) is 18.5 Å². The number of carbonyl (C=O) groups excluding carboxylic acids is 1. The summed E-state index contributed by atoms with van der Waals surface area (Å²) in [4.78, 5) is 14.4. The Balaban J connectivity index is 1.68. The predicted molar refractivity (Wildman–Crippen MR) is 109 cm³/mol. The number of rotatable bonds is 7. The van der Waals surface area contributed by atoms with Crippen molar-refractivity contribution in [1.29, 1.82) is 0 Å². The lowest BCUT2D eigenvalue weighted by molar-refractivity contribution is 0.0499. The normalized spacial score (nSPS) is 15.4. The maximum Gasteiger partial charge on any atom is 0.338 e. The fraction of sp³-hybridized carbons (Fsp3) is 0.381. The van der Waals surface area contributed by atoms with Gasteiger partial charge in [-0.15, -0.1) is 0 Å². The second-order valence-electron chi connectivity index (χ2n) is 6.74. The smallest absolute Gasteiger partial charge is 0.338 e. The zero-order valence-electron chi connectivity index (χ0n) is 16.1. The van der Waals surface area contributed by atoms with Crippen molar-refractivity contribution in [3.05, 3.63) is 60.2 Å². The highest BCUT2D eigenvalue weighted by Gasteiger charge is 2.29. The van der Waals surface area contributed by atoms with Crippen LogP contribution in [0.15, 0.2) is 59.5 Å². The van der Waals surface area contributed by atoms with Crippen molar-refractivity contribution in [2.75, 3.05) is 37.7 Å². The predicted octanol–water partition coefficient (Wildman–Crippen LogP) is 3.15. The largest absolute Gasteiger partial charge is 0.462 e. The van der Waals surface area contributed by atoms with E-state index in [1.165, 1.54) is 16.4 Å². The molecule has 2 aromatic rings. The van der Waals surface area contributed by atoms with Gasteiger partial charge < -0.3 is 9.64 Å². The SMILES string of the molecule is CCCCOC(=O)c1cccc(S(=O)(=O)N2CCN(c3ccccc3)CC2)c1. The highest BCUT2D eigenvalue weighted by Crippen LogP contribution is 2.22. The highest BCUT2D eigenvalue weighted by molar-refractivity contribution is 7.89. The molecule has 1 saturated heterocycles. The first-order chi connectivity index (χ1) is 13.5. The Bertz CT molecular complexity index is 892. The monoisotopic (exact) mass is 402 g/mol. The van der Waals surface area contributed by atoms with Crippen LogP contribution in [0.2, 0.25) is 0 Å². The van der Waals surface area contributed by atoms with E-state index >= 15 is 0 Å². The average Bonchev–Trinajstić information content (AvgIpc) is 2.74. The van der Waals surface area contributed by atoms with Crippen LogP contribution in [-0.2, 0) is 14.8 Å². The highest BCUT2D eigenvalue weighted by atomic mass is 32.2. The molecular weight excluding hydrogens is 376 g/mol. The van der Waals surface area contributed by atoms with Crippen molar-refractivity contribution >= 4 is 21.7 Å². The fourth-order valence-electron chi connectivity index (χ4n) is 3.15. The standard InChI is InChI=1S/C21H26N2O4S/c1-2-3-16-27-21(24)18-8-7-11-20(17-18)28(25,26)23-14-12-22(13-15-23)19-9-5-4-6-10-19/h4-11,17H,2-3,12-16H2,1H3. The molecule has 0 saturated carbocycles. The Hall–Kier alpha value is -2.38. The van der Waals surface area contributed by atoms with Gasteiger partial charge >= 0.3 is 5.97 Å². The van der Waals surface area contributed by atoms with Crippen LogP contribution in [0.1, 0.15) is 30.1 Å². The molecule has 150 valence electrons. The molecule has 0 amide bonds. The van der Waals surface area contributed by atoms with Crippen molar-refractivity contribution in [2.24, 2.45) is 0 Å². The van der Waals surface area contributed by atoms with Crippen LogP contribution >= 0.6 is 0 Å². The van der Waals surface area contributed by atoms with E-state index in [4.69, 9.17) is 4.74 Å². The summed E-state index contributed by atoms with van der Waals surface area (Å²) >= 11 is 0. The van der Waals surface area contributed by atoms with Crippen LogP contribution in [0.4, 0.5) is 5.69 Å². The molecule has 1 aliphatic rings. The number of esters is 1. The van der Waals surface area contributed by atoms with Gasteiger partial charge in [0.25, 0.3) is 0 Å². The molecule has 0 atom stereocenters. The van der Waals surface area contributed by atoms with Gasteiger partial charge in [0.2, 0.25) is 10.0 Å². The summed E-state index contributed by atoms with van der Waals surface area (Å²) < 4.78 is 32.7. The summed E-state index contributed by atoms with van der Waals surface area (Å²) in [7, 11) is -3.65. The molecule has 0 spiro atoms. The number of anilines is 1. The molecule has 1 heterocycles. The molecule has 0 bridgehead atoms. The molecule has 0 aliphatic carbocycles. The van der Waals surface area contributed by atoms with Crippen LogP contribution < -0.4 is 4.90 Å². The average molecular weight is 403 g/mol. The van der Waals surface area contributed by atoms with Crippen molar-refractivity contribution in [2.45, 2.75) is 24.7 Å². The van der Waals surface area contributed by atoms with Gasteiger partial charge in [0, 0.05) is 31.9 Å². The number of carbonyl (C=O) groups is 1. The minimum absolute atomic E-state index is 0.130. The molecule has 0 N–H and O–H groups in total. The number of nitrogens with zero attached hydrogens (tertiary/aromatic N) is 2. The topological polar surface area (TPSA) is 66.9 Å². The maximum atomic E-state index is 13.0. The number of hydrogen-bond acceptors (Lipinski definition) is 5. The zero-order chi connectivity index (χ0) is 20.0. The van der Waals surface area contributed by atoms with E-state index in [-0.39, 0.29) is 10.5 Å². The number of benzene rings is 2. The van der Waals surface area contributed by atoms with E-state index in [2.05, 4.69) is 4.90 Å². The molecule has 7 heteroatoms. The van der Waals surface area contributed by atoms with Crippen LogP contribution in [0.25, 0.3) is 0 Å². The second kappa shape index (κ2) is 9.21. The number of sulfonamides is 1. The van der Waals surface area contributed by atoms with E-state index in [1.807, 2.05) is 37.3 Å². The summed E-state index contributed by atoms with van der Waals surface area (Å²) in [6.45, 7) is 4.42. The molecule has 0 aromatic heterocycles. The lowest BCUT2D eigenvalue weighted by Gasteiger charge is -2.35. The van der Waals surface area contributed by atoms with Crippen molar-refractivity contribution in [1.82, 2.24) is 4.31 Å². The van der Waals surface area contributed by atoms with Crippen molar-refractivity contribution in [3.63, 3.8) is 0 Å². The van der Waals surface area contributed by atoms with Gasteiger partial charge in [-0.2, -0.15) is 4.31 Å². The van der Waals surface area contributed by atoms with Crippen LogP contribution in [0.3, 0.4) is 0 Å². The first kappa shape index (κ1) is 20.4. The molecule has 1 aliphatic heterocycles. The minimum Gasteiger partial charge on any atom is -0.462 e. The lowest BCUT2D eigenvalue weighted by atomic mass is 10.2. The molecule has 3 rings (SSSR count). The third kappa shape index (κ3) is 4.72. The van der Waals surface area contributed by atoms with Gasteiger partial charge in [-0.3, -0.25) is 0 Å². The fourth-order valence-corrected chi connectivity index (χ4v) is 4.62. The number of piperazine rings is 1. The summed E-state index contributed by atoms with van der Waals surface area (Å²) in [6, 6.07) is 16.1. The number of unbranched alkanes of at least 4 members (excludes halogenated alkanes) is 1. The molecule has 1 fully saturated rings. The van der Waals surface area contributed by atoms with Gasteiger partial charge in [-0.25, -0.2) is 13.2 Å². The van der Waals surface area contributed by atoms with E-state index < -0.39 is 16.0 Å². The summed E-state index contributed by atoms with van der Waals surface area (Å²) in [5.41, 5.74) is 1.36. The number of hydrogen-bond donors (Lipinski definition) is 0. The molecule has 2 aromatic carbocycles. The Labute approximate surface area is 166 Å². The summed E-state index contributed by atoms with van der Waals surface area (Å²) in [5.74, 6) is -0.487. The third-order valence-corrected chi connectivity index (χ3v) is 6.69. The van der Waals surface area contributed by atoms with E-state index in [0.29, 0.717) is 32.8 Å². The van der Waals surface area contributed by atoms with Crippen molar-refractivity contribution in [3.8, 4) is 0 Å². The Morgan fingerprint density at radius 2 is 1.71 bits per heavy atom. The maximum absolute atomic E-state index is 13.0. The summed E-state index contributed by atoms with van der Waals surface area (Å²) in [6.07, 6.45) is 1.71. The third-order valence-electron chi connectivity index (χ3n) is 4.80. The van der Waals surface area contributed by atoms with Gasteiger partial charge in [0.15, 0.2) is 0 Å². The van der Waals surface area contributed by atoms with Gasteiger partial charge in [-0.1, -0.05) is 37.6 Å². The van der Waals surface area contributed by atoms with Crippen LogP contribution in [0, 0.1) is 0 Å². The van der Waals surface area contributed by atoms with Crippen LogP contribution in [0.5, 0.6) is 0 Å². The minimum atomic E-state index is -3.65. The number of para-hydroxylation sites is 1. The van der Waals surface area contributed by atoms with Gasteiger partial charge in [0.05, 0.1) is 17.1 Å². The zero-order valence-corrected chi connectivity index (χ0v) is 16.9.